The van der Waals surface area contributed by atoms with E-state index in [1.54, 1.807) is 12.1 Å². The Morgan fingerprint density at radius 1 is 1.00 bits per heavy atom. The molecule has 0 unspecified atom stereocenters. The van der Waals surface area contributed by atoms with Crippen LogP contribution in [0.4, 0.5) is 0 Å². The fourth-order valence-corrected chi connectivity index (χ4v) is 2.00. The average molecular weight is 277 g/mol. The smallest absolute Gasteiger partial charge is 0.338 e. The van der Waals surface area contributed by atoms with Crippen molar-refractivity contribution in [2.45, 2.75) is 32.1 Å². The third kappa shape index (κ3) is 4.37. The number of unbranched alkanes of at least 4 members (excludes halogenated alkanes) is 3. The van der Waals surface area contributed by atoms with Crippen LogP contribution in [0.1, 0.15) is 52.0 Å². The lowest BCUT2D eigenvalue weighted by Crippen LogP contribution is -2.12. The van der Waals surface area contributed by atoms with Crippen molar-refractivity contribution >= 4 is 11.9 Å². The van der Waals surface area contributed by atoms with Gasteiger partial charge in [-0.3, -0.25) is 0 Å². The van der Waals surface area contributed by atoms with E-state index in [1.165, 1.54) is 14.2 Å². The standard InChI is InChI=1S/C16H21O4/c1-4-5-6-7-8-12-9-10-13(15(17)19-2)14(11-12)16(18)20-3/h9-11H,1,4-8H2,2-3H3. The molecule has 0 atom stereocenters. The minimum atomic E-state index is -0.533. The molecule has 0 spiro atoms. The van der Waals surface area contributed by atoms with Crippen molar-refractivity contribution in [1.29, 1.82) is 0 Å². The molecule has 109 valence electrons. The van der Waals surface area contributed by atoms with Crippen LogP contribution >= 0.6 is 0 Å². The lowest BCUT2D eigenvalue weighted by Gasteiger charge is -2.09. The number of methoxy groups -OCH3 is 2. The van der Waals surface area contributed by atoms with E-state index < -0.39 is 11.9 Å². The molecule has 0 aliphatic heterocycles. The highest BCUT2D eigenvalue weighted by molar-refractivity contribution is 6.03. The second-order valence-electron chi connectivity index (χ2n) is 4.53. The van der Waals surface area contributed by atoms with Gasteiger partial charge in [-0.05, 0) is 30.5 Å². The molecular formula is C16H21O4. The van der Waals surface area contributed by atoms with Crippen LogP contribution in [0, 0.1) is 6.92 Å². The fraction of sp³-hybridized carbons (Fsp3) is 0.438. The van der Waals surface area contributed by atoms with Crippen molar-refractivity contribution in [2.24, 2.45) is 0 Å². The van der Waals surface area contributed by atoms with Gasteiger partial charge in [0.1, 0.15) is 0 Å². The topological polar surface area (TPSA) is 52.6 Å². The molecule has 0 saturated heterocycles. The van der Waals surface area contributed by atoms with Gasteiger partial charge in [-0.15, -0.1) is 0 Å². The number of aryl methyl sites for hydroxylation is 1. The summed E-state index contributed by atoms with van der Waals surface area (Å²) in [5, 5.41) is 0. The quantitative estimate of drug-likeness (QED) is 0.567. The minimum Gasteiger partial charge on any atom is -0.465 e. The maximum atomic E-state index is 11.7. The van der Waals surface area contributed by atoms with Gasteiger partial charge >= 0.3 is 11.9 Å². The van der Waals surface area contributed by atoms with E-state index in [0.29, 0.717) is 0 Å². The molecule has 0 N–H and O–H groups in total. The van der Waals surface area contributed by atoms with Crippen LogP contribution in [0.25, 0.3) is 0 Å². The van der Waals surface area contributed by atoms with Crippen LogP contribution in [0.5, 0.6) is 0 Å². The molecular weight excluding hydrogens is 256 g/mol. The Balaban J connectivity index is 2.90. The van der Waals surface area contributed by atoms with Crippen molar-refractivity contribution in [1.82, 2.24) is 0 Å². The first-order valence-electron chi connectivity index (χ1n) is 6.72. The molecule has 0 aliphatic carbocycles. The zero-order chi connectivity index (χ0) is 15.0. The molecule has 0 aliphatic rings. The first-order valence-corrected chi connectivity index (χ1v) is 6.72. The first kappa shape index (κ1) is 16.2. The fourth-order valence-electron chi connectivity index (χ4n) is 2.00. The van der Waals surface area contributed by atoms with Gasteiger partial charge in [0.2, 0.25) is 0 Å². The van der Waals surface area contributed by atoms with E-state index in [2.05, 4.69) is 11.7 Å². The van der Waals surface area contributed by atoms with Crippen LogP contribution in [0.3, 0.4) is 0 Å². The number of esters is 2. The lowest BCUT2D eigenvalue weighted by molar-refractivity contribution is 0.0555. The molecule has 0 bridgehead atoms. The summed E-state index contributed by atoms with van der Waals surface area (Å²) in [6.07, 6.45) is 5.05. The third-order valence-electron chi connectivity index (χ3n) is 3.11. The number of ether oxygens (including phenoxy) is 2. The van der Waals surface area contributed by atoms with Gasteiger partial charge in [0.05, 0.1) is 25.3 Å². The number of hydrogen-bond donors (Lipinski definition) is 0. The van der Waals surface area contributed by atoms with Crippen molar-refractivity contribution in [2.75, 3.05) is 14.2 Å². The monoisotopic (exact) mass is 277 g/mol. The molecule has 0 amide bonds. The lowest BCUT2D eigenvalue weighted by atomic mass is 10.00. The number of carbonyl (C=O) groups is 2. The predicted octanol–water partition coefficient (Wildman–Crippen LogP) is 3.20. The highest BCUT2D eigenvalue weighted by Gasteiger charge is 2.18. The van der Waals surface area contributed by atoms with Gasteiger partial charge in [-0.2, -0.15) is 0 Å². The van der Waals surface area contributed by atoms with Gasteiger partial charge < -0.3 is 9.47 Å². The summed E-state index contributed by atoms with van der Waals surface area (Å²) in [5.41, 5.74) is 1.51. The van der Waals surface area contributed by atoms with Crippen LogP contribution in [-0.2, 0) is 15.9 Å². The summed E-state index contributed by atoms with van der Waals surface area (Å²) in [6, 6.07) is 5.18. The number of hydrogen-bond acceptors (Lipinski definition) is 4. The average Bonchev–Trinajstić information content (AvgIpc) is 2.49. The molecule has 1 rings (SSSR count). The molecule has 0 saturated carbocycles. The largest absolute Gasteiger partial charge is 0.465 e. The predicted molar refractivity (Wildman–Crippen MR) is 76.7 cm³/mol. The zero-order valence-corrected chi connectivity index (χ0v) is 12.1. The molecule has 4 nitrogen and oxygen atoms in total. The maximum Gasteiger partial charge on any atom is 0.338 e. The van der Waals surface area contributed by atoms with E-state index in [9.17, 15) is 9.59 Å². The van der Waals surface area contributed by atoms with Crippen LogP contribution in [0.15, 0.2) is 18.2 Å². The van der Waals surface area contributed by atoms with Crippen LogP contribution in [0.2, 0.25) is 0 Å². The highest BCUT2D eigenvalue weighted by atomic mass is 16.5. The SMILES string of the molecule is [CH2]CCCCCc1ccc(C(=O)OC)c(C(=O)OC)c1. The van der Waals surface area contributed by atoms with E-state index >= 15 is 0 Å². The summed E-state index contributed by atoms with van der Waals surface area (Å²) in [7, 11) is 2.58. The summed E-state index contributed by atoms with van der Waals surface area (Å²) >= 11 is 0. The first-order chi connectivity index (χ1) is 9.63. The summed E-state index contributed by atoms with van der Waals surface area (Å²) in [4.78, 5) is 23.4. The van der Waals surface area contributed by atoms with Crippen LogP contribution in [-0.4, -0.2) is 26.2 Å². The normalized spacial score (nSPS) is 10.2. The van der Waals surface area contributed by atoms with Gasteiger partial charge in [-0.1, -0.05) is 32.3 Å². The third-order valence-corrected chi connectivity index (χ3v) is 3.11. The molecule has 1 aromatic carbocycles. The van der Waals surface area contributed by atoms with Crippen molar-refractivity contribution in [3.63, 3.8) is 0 Å². The van der Waals surface area contributed by atoms with E-state index in [-0.39, 0.29) is 11.1 Å². The zero-order valence-electron chi connectivity index (χ0n) is 12.1. The summed E-state index contributed by atoms with van der Waals surface area (Å²) < 4.78 is 9.39. The Bertz CT molecular complexity index is 466. The van der Waals surface area contributed by atoms with Gasteiger partial charge in [0.25, 0.3) is 0 Å². The second-order valence-corrected chi connectivity index (χ2v) is 4.53. The Morgan fingerprint density at radius 2 is 1.65 bits per heavy atom. The Hall–Kier alpha value is -1.84. The number of rotatable bonds is 7. The molecule has 20 heavy (non-hydrogen) atoms. The number of benzene rings is 1. The van der Waals surface area contributed by atoms with Gasteiger partial charge in [0, 0.05) is 0 Å². The Morgan fingerprint density at radius 3 is 2.25 bits per heavy atom. The van der Waals surface area contributed by atoms with E-state index in [4.69, 9.17) is 4.74 Å². The second kappa shape index (κ2) is 8.35. The Kier molecular flexibility index (Phi) is 6.77. The van der Waals surface area contributed by atoms with Crippen molar-refractivity contribution in [3.05, 3.63) is 41.8 Å². The summed E-state index contributed by atoms with van der Waals surface area (Å²) in [6.45, 7) is 3.81. The molecule has 0 heterocycles. The number of carbonyl (C=O) groups excluding carboxylic acids is 2. The van der Waals surface area contributed by atoms with Gasteiger partial charge in [0.15, 0.2) is 0 Å². The molecule has 1 aromatic rings. The molecule has 1 radical (unpaired) electrons. The van der Waals surface area contributed by atoms with Crippen molar-refractivity contribution in [3.8, 4) is 0 Å². The molecule has 0 fully saturated rings. The Labute approximate surface area is 120 Å². The highest BCUT2D eigenvalue weighted by Crippen LogP contribution is 2.17. The molecule has 4 heteroatoms. The van der Waals surface area contributed by atoms with Crippen LogP contribution < -0.4 is 0 Å². The van der Waals surface area contributed by atoms with E-state index in [1.807, 2.05) is 6.07 Å². The molecule has 0 aromatic heterocycles. The minimum absolute atomic E-state index is 0.237. The van der Waals surface area contributed by atoms with Gasteiger partial charge in [-0.25, -0.2) is 9.59 Å². The van der Waals surface area contributed by atoms with Crippen molar-refractivity contribution < 1.29 is 19.1 Å². The van der Waals surface area contributed by atoms with E-state index in [0.717, 1.165) is 37.7 Å². The maximum absolute atomic E-state index is 11.7. The summed E-state index contributed by atoms with van der Waals surface area (Å²) in [5.74, 6) is -1.06.